The van der Waals surface area contributed by atoms with E-state index in [0.29, 0.717) is 24.1 Å². The monoisotopic (exact) mass is 341 g/mol. The van der Waals surface area contributed by atoms with Crippen molar-refractivity contribution >= 4 is 27.5 Å². The van der Waals surface area contributed by atoms with Crippen LogP contribution in [0.2, 0.25) is 0 Å². The second-order valence-electron chi connectivity index (χ2n) is 5.39. The Morgan fingerprint density at radius 2 is 2.20 bits per heavy atom. The van der Waals surface area contributed by atoms with Gasteiger partial charge in [-0.25, -0.2) is 4.39 Å². The van der Waals surface area contributed by atoms with Gasteiger partial charge in [0.1, 0.15) is 5.82 Å². The van der Waals surface area contributed by atoms with Gasteiger partial charge in [-0.1, -0.05) is 15.9 Å². The second-order valence-corrected chi connectivity index (χ2v) is 6.37. The van der Waals surface area contributed by atoms with Crippen LogP contribution < -0.4 is 5.32 Å². The van der Waals surface area contributed by atoms with Crippen LogP contribution in [0.1, 0.15) is 41.6 Å². The van der Waals surface area contributed by atoms with Crippen LogP contribution in [0.3, 0.4) is 0 Å². The molecule has 2 aliphatic rings. The minimum absolute atomic E-state index is 0.0227. The van der Waals surface area contributed by atoms with E-state index < -0.39 is 0 Å². The standard InChI is InChI=1S/C15H17BrFNO2/c16-15(13-3-1-2-6-20-13)10-7-9-4-5-14(19)18-12(9)8-11(10)17/h7-8,13,15H,1-6H2,(H,18,19). The fraction of sp³-hybridized carbons (Fsp3) is 0.533. The molecule has 1 saturated heterocycles. The predicted octanol–water partition coefficient (Wildman–Crippen LogP) is 3.72. The van der Waals surface area contributed by atoms with Crippen molar-refractivity contribution in [2.45, 2.75) is 43.0 Å². The number of halogens is 2. The highest BCUT2D eigenvalue weighted by Gasteiger charge is 2.27. The topological polar surface area (TPSA) is 38.3 Å². The number of carbonyl (C=O) groups is 1. The summed E-state index contributed by atoms with van der Waals surface area (Å²) in [6.07, 6.45) is 4.30. The lowest BCUT2D eigenvalue weighted by Gasteiger charge is -2.28. The number of hydrogen-bond acceptors (Lipinski definition) is 2. The maximum absolute atomic E-state index is 14.3. The molecule has 1 fully saturated rings. The highest BCUT2D eigenvalue weighted by Crippen LogP contribution is 2.37. The smallest absolute Gasteiger partial charge is 0.224 e. The lowest BCUT2D eigenvalue weighted by atomic mass is 9.95. The van der Waals surface area contributed by atoms with Crippen molar-refractivity contribution in [3.05, 3.63) is 29.1 Å². The zero-order valence-electron chi connectivity index (χ0n) is 11.1. The van der Waals surface area contributed by atoms with Crippen molar-refractivity contribution < 1.29 is 13.9 Å². The van der Waals surface area contributed by atoms with Crippen LogP contribution in [0.25, 0.3) is 0 Å². The fourth-order valence-corrected chi connectivity index (χ4v) is 3.60. The highest BCUT2D eigenvalue weighted by molar-refractivity contribution is 9.09. The average Bonchev–Trinajstić information content (AvgIpc) is 2.46. The molecule has 2 atom stereocenters. The van der Waals surface area contributed by atoms with Gasteiger partial charge < -0.3 is 10.1 Å². The molecule has 5 heteroatoms. The van der Waals surface area contributed by atoms with Gasteiger partial charge in [-0.05, 0) is 43.4 Å². The van der Waals surface area contributed by atoms with Gasteiger partial charge in [0.25, 0.3) is 0 Å². The minimum Gasteiger partial charge on any atom is -0.377 e. The first-order chi connectivity index (χ1) is 9.65. The first-order valence-electron chi connectivity index (χ1n) is 7.03. The molecule has 1 amide bonds. The van der Waals surface area contributed by atoms with Crippen molar-refractivity contribution in [1.29, 1.82) is 0 Å². The van der Waals surface area contributed by atoms with Crippen LogP contribution in [0.4, 0.5) is 10.1 Å². The van der Waals surface area contributed by atoms with Crippen LogP contribution in [0.5, 0.6) is 0 Å². The zero-order chi connectivity index (χ0) is 14.1. The van der Waals surface area contributed by atoms with Crippen molar-refractivity contribution in [2.24, 2.45) is 0 Å². The normalized spacial score (nSPS) is 23.9. The number of nitrogens with one attached hydrogen (secondary N) is 1. The van der Waals surface area contributed by atoms with Gasteiger partial charge >= 0.3 is 0 Å². The van der Waals surface area contributed by atoms with E-state index in [0.717, 1.165) is 31.4 Å². The molecule has 20 heavy (non-hydrogen) atoms. The van der Waals surface area contributed by atoms with Gasteiger partial charge in [0.15, 0.2) is 0 Å². The molecule has 0 radical (unpaired) electrons. The number of rotatable bonds is 2. The summed E-state index contributed by atoms with van der Waals surface area (Å²) in [6.45, 7) is 0.745. The summed E-state index contributed by atoms with van der Waals surface area (Å²) in [6, 6.07) is 3.29. The maximum atomic E-state index is 14.3. The van der Waals surface area contributed by atoms with E-state index in [1.807, 2.05) is 6.07 Å². The number of fused-ring (bicyclic) bond motifs is 1. The van der Waals surface area contributed by atoms with Gasteiger partial charge in [0.2, 0.25) is 5.91 Å². The molecule has 0 spiro atoms. The van der Waals surface area contributed by atoms with E-state index in [4.69, 9.17) is 4.74 Å². The van der Waals surface area contributed by atoms with Crippen LogP contribution in [-0.4, -0.2) is 18.6 Å². The van der Waals surface area contributed by atoms with E-state index in [1.165, 1.54) is 6.07 Å². The Kier molecular flexibility index (Phi) is 4.08. The molecule has 0 bridgehead atoms. The first kappa shape index (κ1) is 14.0. The lowest BCUT2D eigenvalue weighted by Crippen LogP contribution is -2.25. The number of amides is 1. The molecule has 2 unspecified atom stereocenters. The third-order valence-electron chi connectivity index (χ3n) is 3.96. The first-order valence-corrected chi connectivity index (χ1v) is 7.94. The molecule has 0 aliphatic carbocycles. The maximum Gasteiger partial charge on any atom is 0.224 e. The summed E-state index contributed by atoms with van der Waals surface area (Å²) in [7, 11) is 0. The third-order valence-corrected chi connectivity index (χ3v) is 5.04. The van der Waals surface area contributed by atoms with Crippen LogP contribution in [0, 0.1) is 5.82 Å². The molecule has 0 aromatic heterocycles. The lowest BCUT2D eigenvalue weighted by molar-refractivity contribution is -0.116. The van der Waals surface area contributed by atoms with Crippen molar-refractivity contribution in [2.75, 3.05) is 11.9 Å². The number of benzene rings is 1. The van der Waals surface area contributed by atoms with E-state index >= 15 is 0 Å². The Morgan fingerprint density at radius 1 is 1.35 bits per heavy atom. The van der Waals surface area contributed by atoms with Crippen molar-refractivity contribution in [1.82, 2.24) is 0 Å². The van der Waals surface area contributed by atoms with E-state index in [1.54, 1.807) is 0 Å². The molecule has 108 valence electrons. The number of ether oxygens (including phenoxy) is 1. The van der Waals surface area contributed by atoms with Crippen LogP contribution in [0.15, 0.2) is 12.1 Å². The fourth-order valence-electron chi connectivity index (χ4n) is 2.83. The molecular formula is C15H17BrFNO2. The Morgan fingerprint density at radius 3 is 2.95 bits per heavy atom. The van der Waals surface area contributed by atoms with Gasteiger partial charge in [-0.3, -0.25) is 4.79 Å². The van der Waals surface area contributed by atoms with Gasteiger partial charge in [0.05, 0.1) is 10.9 Å². The minimum atomic E-state index is -0.290. The largest absolute Gasteiger partial charge is 0.377 e. The van der Waals surface area contributed by atoms with Crippen molar-refractivity contribution in [3.8, 4) is 0 Å². The number of anilines is 1. The molecule has 1 aromatic carbocycles. The quantitative estimate of drug-likeness (QED) is 0.832. The average molecular weight is 342 g/mol. The summed E-state index contributed by atoms with van der Waals surface area (Å²) in [4.78, 5) is 11.2. The third kappa shape index (κ3) is 2.74. The van der Waals surface area contributed by atoms with E-state index in [2.05, 4.69) is 21.2 Å². The number of aryl methyl sites for hydroxylation is 1. The summed E-state index contributed by atoms with van der Waals surface area (Å²) in [5.41, 5.74) is 2.24. The summed E-state index contributed by atoms with van der Waals surface area (Å²) < 4.78 is 20.0. The molecule has 0 saturated carbocycles. The second kappa shape index (κ2) is 5.82. The summed E-state index contributed by atoms with van der Waals surface area (Å²) in [5.74, 6) is -0.336. The molecule has 1 N–H and O–H groups in total. The Balaban J connectivity index is 1.87. The molecular weight excluding hydrogens is 325 g/mol. The molecule has 1 aromatic rings. The Labute approximate surface area is 126 Å². The van der Waals surface area contributed by atoms with Gasteiger partial charge in [-0.2, -0.15) is 0 Å². The van der Waals surface area contributed by atoms with Gasteiger partial charge in [-0.15, -0.1) is 0 Å². The van der Waals surface area contributed by atoms with Gasteiger partial charge in [0, 0.05) is 24.3 Å². The van der Waals surface area contributed by atoms with E-state index in [-0.39, 0.29) is 22.7 Å². The molecule has 2 aliphatic heterocycles. The summed E-state index contributed by atoms with van der Waals surface area (Å²) >= 11 is 3.59. The molecule has 3 rings (SSSR count). The van der Waals surface area contributed by atoms with E-state index in [9.17, 15) is 9.18 Å². The Hall–Kier alpha value is -0.940. The summed E-state index contributed by atoms with van der Waals surface area (Å²) in [5, 5.41) is 2.72. The number of alkyl halides is 1. The SMILES string of the molecule is O=C1CCc2cc(C(Br)C3CCCCO3)c(F)cc2N1. The number of carbonyl (C=O) groups excluding carboxylic acids is 1. The highest BCUT2D eigenvalue weighted by atomic mass is 79.9. The van der Waals surface area contributed by atoms with Crippen molar-refractivity contribution in [3.63, 3.8) is 0 Å². The zero-order valence-corrected chi connectivity index (χ0v) is 12.7. The predicted molar refractivity (Wildman–Crippen MR) is 78.6 cm³/mol. The number of hydrogen-bond donors (Lipinski definition) is 1. The Bertz CT molecular complexity index is 529. The molecule has 3 nitrogen and oxygen atoms in total. The molecule has 2 heterocycles. The van der Waals surface area contributed by atoms with Crippen LogP contribution in [-0.2, 0) is 16.0 Å². The van der Waals surface area contributed by atoms with Crippen LogP contribution >= 0.6 is 15.9 Å².